The summed E-state index contributed by atoms with van der Waals surface area (Å²) in [4.78, 5) is 58.4. The zero-order valence-corrected chi connectivity index (χ0v) is 52.6. The number of ether oxygens (including phenoxy) is 8. The summed E-state index contributed by atoms with van der Waals surface area (Å²) >= 11 is 0. The molecule has 0 unspecified atom stereocenters. The number of amides is 1. The summed E-state index contributed by atoms with van der Waals surface area (Å²) in [5, 5.41) is 4.29. The van der Waals surface area contributed by atoms with Gasteiger partial charge in [0.05, 0.1) is 51.8 Å². The molecule has 10 rings (SSSR count). The summed E-state index contributed by atoms with van der Waals surface area (Å²) in [6, 6.07) is 73.3. The van der Waals surface area contributed by atoms with Crippen molar-refractivity contribution >= 4 is 42.5 Å². The van der Waals surface area contributed by atoms with Gasteiger partial charge in [-0.25, -0.2) is 4.79 Å². The molecule has 15 heteroatoms. The van der Waals surface area contributed by atoms with Crippen LogP contribution >= 0.6 is 0 Å². The summed E-state index contributed by atoms with van der Waals surface area (Å²) in [6.45, 7) is 8.92. The van der Waals surface area contributed by atoms with Crippen LogP contribution in [0.15, 0.2) is 231 Å². The Morgan fingerprint density at radius 3 is 1.36 bits per heavy atom. The third kappa shape index (κ3) is 16.1. The van der Waals surface area contributed by atoms with Crippen LogP contribution in [0.1, 0.15) is 80.3 Å². The maximum Gasteiger partial charge on any atom is 0.407 e. The molecule has 8 aromatic carbocycles. The first-order chi connectivity index (χ1) is 43.8. The lowest BCUT2D eigenvalue weighted by Crippen LogP contribution is -2.68. The first kappa shape index (κ1) is 64.6. The van der Waals surface area contributed by atoms with E-state index in [2.05, 4.69) is 26.1 Å². The molecule has 1 amide bonds. The average molecular weight is 1230 g/mol. The van der Waals surface area contributed by atoms with Gasteiger partial charge in [0.1, 0.15) is 31.0 Å². The summed E-state index contributed by atoms with van der Waals surface area (Å²) in [5.41, 5.74) is 7.65. The molecule has 0 saturated carbocycles. The molecule has 1 N–H and O–H groups in total. The second-order valence-electron chi connectivity index (χ2n) is 23.8. The highest BCUT2D eigenvalue weighted by Gasteiger charge is 2.53. The first-order valence-electron chi connectivity index (χ1n) is 30.7. The molecule has 2 aliphatic rings. The predicted molar refractivity (Wildman–Crippen MR) is 346 cm³/mol. The summed E-state index contributed by atoms with van der Waals surface area (Å²) in [6.07, 6.45) is -9.71. The van der Waals surface area contributed by atoms with Crippen LogP contribution in [0.25, 0.3) is 11.1 Å². The Balaban J connectivity index is 1.04. The van der Waals surface area contributed by atoms with E-state index in [-0.39, 0.29) is 52.2 Å². The number of fused-ring (bicyclic) bond motifs is 3. The number of esters is 2. The molecule has 90 heavy (non-hydrogen) atoms. The normalized spacial score (nSPS) is 18.3. The number of carbonyl (C=O) groups excluding carboxylic acids is 4. The molecule has 14 nitrogen and oxygen atoms in total. The minimum absolute atomic E-state index is 0.00477. The fraction of sp³-hybridized carbons (Fsp3) is 0.307. The van der Waals surface area contributed by atoms with Gasteiger partial charge in [0, 0.05) is 26.2 Å². The molecule has 1 saturated heterocycles. The minimum atomic E-state index is -3.46. The molecule has 8 aromatic rings. The Hall–Kier alpha value is -8.38. The molecule has 0 bridgehead atoms. The highest BCUT2D eigenvalue weighted by molar-refractivity contribution is 6.99. The van der Waals surface area contributed by atoms with E-state index in [0.29, 0.717) is 0 Å². The molecule has 8 atom stereocenters. The van der Waals surface area contributed by atoms with Crippen molar-refractivity contribution < 1.29 is 61.5 Å². The maximum absolute atomic E-state index is 16.0. The third-order valence-corrected chi connectivity index (χ3v) is 21.5. The van der Waals surface area contributed by atoms with Crippen molar-refractivity contribution in [1.29, 1.82) is 0 Å². The van der Waals surface area contributed by atoms with E-state index >= 15 is 4.79 Å². The smallest absolute Gasteiger partial charge is 0.407 e. The lowest BCUT2D eigenvalue weighted by molar-refractivity contribution is -0.273. The number of benzene rings is 8. The number of rotatable bonds is 28. The summed E-state index contributed by atoms with van der Waals surface area (Å²) in [7, 11) is -3.46. The van der Waals surface area contributed by atoms with Crippen molar-refractivity contribution in [3.8, 4) is 11.1 Å². The zero-order chi connectivity index (χ0) is 62.9. The van der Waals surface area contributed by atoms with Crippen LogP contribution in [0.2, 0.25) is 5.04 Å². The van der Waals surface area contributed by atoms with Crippen LogP contribution in [-0.2, 0) is 83.1 Å². The van der Waals surface area contributed by atoms with E-state index in [0.717, 1.165) is 54.9 Å². The van der Waals surface area contributed by atoms with Crippen LogP contribution in [0.5, 0.6) is 0 Å². The largest absolute Gasteiger partial charge is 0.456 e. The topological polar surface area (TPSA) is 163 Å². The fourth-order valence-electron chi connectivity index (χ4n) is 12.4. The van der Waals surface area contributed by atoms with Gasteiger partial charge < -0.3 is 47.6 Å². The Morgan fingerprint density at radius 2 is 0.900 bits per heavy atom. The molecule has 1 aliphatic heterocycles. The molecule has 0 spiro atoms. The molecule has 0 aromatic heterocycles. The van der Waals surface area contributed by atoms with E-state index in [1.807, 2.05) is 231 Å². The van der Waals surface area contributed by atoms with Gasteiger partial charge in [-0.3, -0.25) is 14.4 Å². The van der Waals surface area contributed by atoms with Gasteiger partial charge in [0.15, 0.2) is 18.0 Å². The number of hydrogen-bond acceptors (Lipinski definition) is 13. The maximum atomic E-state index is 16.0. The van der Waals surface area contributed by atoms with Crippen LogP contribution in [-0.4, -0.2) is 101 Å². The number of Topliss-reactive ketones (excluding diaryl/α,β-unsaturated/α-hetero) is 1. The molecular formula is C75H79NO13Si. The zero-order valence-electron chi connectivity index (χ0n) is 51.6. The Kier molecular flexibility index (Phi) is 22.2. The van der Waals surface area contributed by atoms with Crippen LogP contribution in [0.4, 0.5) is 4.79 Å². The summed E-state index contributed by atoms with van der Waals surface area (Å²) in [5.74, 6) is -2.70. The fourth-order valence-corrected chi connectivity index (χ4v) is 17.0. The van der Waals surface area contributed by atoms with Crippen molar-refractivity contribution in [2.45, 2.75) is 127 Å². The molecule has 0 radical (unpaired) electrons. The predicted octanol–water partition coefficient (Wildman–Crippen LogP) is 12.0. The van der Waals surface area contributed by atoms with Crippen LogP contribution in [0, 0.1) is 0 Å². The Bertz CT molecular complexity index is 3490. The van der Waals surface area contributed by atoms with Crippen LogP contribution in [0.3, 0.4) is 0 Å². The van der Waals surface area contributed by atoms with Gasteiger partial charge in [0.2, 0.25) is 0 Å². The number of alkyl carbamates (subject to hydrolysis) is 1. The van der Waals surface area contributed by atoms with Crippen LogP contribution < -0.4 is 15.7 Å². The lowest BCUT2D eigenvalue weighted by atomic mass is 9.89. The number of hydrogen-bond donors (Lipinski definition) is 1. The molecule has 1 heterocycles. The van der Waals surface area contributed by atoms with E-state index < -0.39 is 92.4 Å². The standard InChI is InChI=1S/C75H79NO13Si/c1-52(77)87-69(65(50-86-90(75(3,4)5,58-36-20-10-21-37-58)59-38-22-11-23-39-59)76-74(80)85-49-64-62-42-26-24-40-60(62)61-41-25-27-43-63(61)64)70(88-53(2)78)66(79)44-67-71(82-46-55-30-14-7-15-31-55)73(84-48-57-34-18-9-19-35-57)72(83-47-56-32-16-8-17-33-56)68(89-67)51-81-45-54-28-12-6-13-29-54/h6-43,64-65,67-73H,44-51H2,1-5H3,(H,76,80)/t65-,67-,68-,69+,70-,71+,72-,73-/m1/s1. The minimum Gasteiger partial charge on any atom is -0.456 e. The van der Waals surface area contributed by atoms with Gasteiger partial charge in [0.25, 0.3) is 8.32 Å². The molecule has 1 aliphatic carbocycles. The van der Waals surface area contributed by atoms with Gasteiger partial charge >= 0.3 is 18.0 Å². The summed E-state index contributed by atoms with van der Waals surface area (Å²) < 4.78 is 60.6. The van der Waals surface area contributed by atoms with Crippen molar-refractivity contribution in [2.24, 2.45) is 0 Å². The van der Waals surface area contributed by atoms with Crippen molar-refractivity contribution in [3.63, 3.8) is 0 Å². The monoisotopic (exact) mass is 1230 g/mol. The quantitative estimate of drug-likeness (QED) is 0.0280. The molecule has 466 valence electrons. The lowest BCUT2D eigenvalue weighted by Gasteiger charge is -2.46. The third-order valence-electron chi connectivity index (χ3n) is 16.5. The first-order valence-corrected chi connectivity index (χ1v) is 32.6. The van der Waals surface area contributed by atoms with Gasteiger partial charge in [-0.1, -0.05) is 251 Å². The number of nitrogens with one attached hydrogen (secondary N) is 1. The van der Waals surface area contributed by atoms with Crippen molar-refractivity contribution in [1.82, 2.24) is 5.32 Å². The Morgan fingerprint density at radius 1 is 0.489 bits per heavy atom. The van der Waals surface area contributed by atoms with E-state index in [9.17, 15) is 14.4 Å². The van der Waals surface area contributed by atoms with E-state index in [1.54, 1.807) is 0 Å². The van der Waals surface area contributed by atoms with Crippen molar-refractivity contribution in [3.05, 3.63) is 264 Å². The molecular weight excluding hydrogens is 1150 g/mol. The second-order valence-corrected chi connectivity index (χ2v) is 28.1. The number of ketones is 1. The van der Waals surface area contributed by atoms with E-state index in [4.69, 9.17) is 42.3 Å². The highest BCUT2D eigenvalue weighted by atomic mass is 28.4. The van der Waals surface area contributed by atoms with E-state index in [1.165, 1.54) is 13.8 Å². The average Bonchev–Trinajstić information content (AvgIpc) is 2.27. The van der Waals surface area contributed by atoms with Crippen molar-refractivity contribution in [2.75, 3.05) is 19.8 Å². The van der Waals surface area contributed by atoms with Gasteiger partial charge in [-0.05, 0) is 59.9 Å². The Labute approximate surface area is 528 Å². The number of carbonyl (C=O) groups is 4. The SMILES string of the molecule is CC(=O)O[C@H]([C@H](OC(C)=O)C(=O)C[C@H]1O[C@H](COCc2ccccc2)[C@@H](OCc2ccccc2)[C@H](OCc2ccccc2)[C@H]1OCc1ccccc1)[C@@H](CO[Si](c1ccccc1)(c1ccccc1)C(C)(C)C)NC(=O)OCC1c2ccccc2-c2ccccc21. The van der Waals surface area contributed by atoms with Gasteiger partial charge in [-0.2, -0.15) is 0 Å². The molecule has 1 fully saturated rings. The van der Waals surface area contributed by atoms with Gasteiger partial charge in [-0.15, -0.1) is 0 Å². The second kappa shape index (κ2) is 30.9. The highest BCUT2D eigenvalue weighted by Crippen LogP contribution is 2.45.